The van der Waals surface area contributed by atoms with Crippen LogP contribution in [0.25, 0.3) is 0 Å². The lowest BCUT2D eigenvalue weighted by Gasteiger charge is -2.18. The quantitative estimate of drug-likeness (QED) is 0.636. The molecule has 0 aliphatic rings. The highest BCUT2D eigenvalue weighted by Gasteiger charge is 2.22. The summed E-state index contributed by atoms with van der Waals surface area (Å²) in [6, 6.07) is 5.00. The van der Waals surface area contributed by atoms with E-state index in [2.05, 4.69) is 16.6 Å². The van der Waals surface area contributed by atoms with E-state index in [1.165, 1.54) is 18.2 Å². The summed E-state index contributed by atoms with van der Waals surface area (Å²) in [6.45, 7) is 6.93. The Labute approximate surface area is 124 Å². The number of nitrogens with one attached hydrogen (secondary N) is 2. The lowest BCUT2D eigenvalue weighted by atomic mass is 10.2. The molecule has 0 saturated heterocycles. The van der Waals surface area contributed by atoms with E-state index in [0.29, 0.717) is 0 Å². The van der Waals surface area contributed by atoms with Gasteiger partial charge in [0.1, 0.15) is 10.9 Å². The van der Waals surface area contributed by atoms with Gasteiger partial charge in [0.05, 0.1) is 5.69 Å². The normalized spacial score (nSPS) is 12.9. The van der Waals surface area contributed by atoms with Gasteiger partial charge in [-0.15, -0.1) is 6.58 Å². The summed E-state index contributed by atoms with van der Waals surface area (Å²) in [5.41, 5.74) is 0.250. The van der Waals surface area contributed by atoms with Gasteiger partial charge in [-0.2, -0.15) is 0 Å². The van der Waals surface area contributed by atoms with Gasteiger partial charge in [0.2, 0.25) is 10.0 Å². The number of hydrogen-bond donors (Lipinski definition) is 3. The Morgan fingerprint density at radius 1 is 1.38 bits per heavy atom. The minimum Gasteiger partial charge on any atom is -0.480 e. The Bertz CT molecular complexity index is 611. The zero-order valence-corrected chi connectivity index (χ0v) is 12.9. The van der Waals surface area contributed by atoms with Gasteiger partial charge >= 0.3 is 5.97 Å². The molecular formula is C14H20N2O4S. The van der Waals surface area contributed by atoms with Crippen LogP contribution in [0.4, 0.5) is 5.69 Å². The van der Waals surface area contributed by atoms with E-state index in [1.54, 1.807) is 26.0 Å². The molecule has 1 atom stereocenters. The summed E-state index contributed by atoms with van der Waals surface area (Å²) in [7, 11) is -3.71. The molecule has 1 rings (SSSR count). The first-order valence-electron chi connectivity index (χ1n) is 6.49. The van der Waals surface area contributed by atoms with Crippen molar-refractivity contribution in [2.75, 3.05) is 5.32 Å². The zero-order valence-electron chi connectivity index (χ0n) is 12.0. The fraction of sp³-hybridized carbons (Fsp3) is 0.357. The Kier molecular flexibility index (Phi) is 5.92. The summed E-state index contributed by atoms with van der Waals surface area (Å²) in [5, 5.41) is 11.9. The van der Waals surface area contributed by atoms with E-state index in [-0.39, 0.29) is 23.0 Å². The molecule has 1 aromatic carbocycles. The molecule has 0 aliphatic heterocycles. The SMILES string of the molecule is C=CCC(Nc1ccccc1S(=O)(=O)NC(C)C)C(=O)O. The third-order valence-corrected chi connectivity index (χ3v) is 4.31. The summed E-state index contributed by atoms with van der Waals surface area (Å²) in [6.07, 6.45) is 1.65. The first-order chi connectivity index (χ1) is 9.77. The molecule has 0 bridgehead atoms. The first-order valence-corrected chi connectivity index (χ1v) is 7.98. The molecule has 1 aromatic rings. The van der Waals surface area contributed by atoms with Crippen molar-refractivity contribution in [2.45, 2.75) is 37.2 Å². The van der Waals surface area contributed by atoms with E-state index < -0.39 is 22.0 Å². The second-order valence-electron chi connectivity index (χ2n) is 4.83. The summed E-state index contributed by atoms with van der Waals surface area (Å²) in [4.78, 5) is 11.2. The lowest BCUT2D eigenvalue weighted by Crippen LogP contribution is -2.33. The standard InChI is InChI=1S/C14H20N2O4S/c1-4-7-12(14(17)18)15-11-8-5-6-9-13(11)21(19,20)16-10(2)3/h4-6,8-10,12,15-16H,1,7H2,2-3H3,(H,17,18). The van der Waals surface area contributed by atoms with Crippen molar-refractivity contribution in [3.8, 4) is 0 Å². The highest BCUT2D eigenvalue weighted by atomic mass is 32.2. The van der Waals surface area contributed by atoms with E-state index in [4.69, 9.17) is 5.11 Å². The van der Waals surface area contributed by atoms with Crippen LogP contribution in [0.15, 0.2) is 41.8 Å². The second-order valence-corrected chi connectivity index (χ2v) is 6.51. The van der Waals surface area contributed by atoms with Gasteiger partial charge in [-0.1, -0.05) is 18.2 Å². The smallest absolute Gasteiger partial charge is 0.326 e. The van der Waals surface area contributed by atoms with E-state index >= 15 is 0 Å². The van der Waals surface area contributed by atoms with Crippen LogP contribution in [-0.2, 0) is 14.8 Å². The van der Waals surface area contributed by atoms with Crippen LogP contribution in [0.2, 0.25) is 0 Å². The van der Waals surface area contributed by atoms with Gasteiger partial charge in [-0.05, 0) is 32.4 Å². The Morgan fingerprint density at radius 3 is 2.52 bits per heavy atom. The number of carboxylic acid groups (broad SMARTS) is 1. The van der Waals surface area contributed by atoms with Crippen molar-refractivity contribution in [3.05, 3.63) is 36.9 Å². The molecule has 3 N–H and O–H groups in total. The van der Waals surface area contributed by atoms with Crippen LogP contribution in [0.3, 0.4) is 0 Å². The highest BCUT2D eigenvalue weighted by Crippen LogP contribution is 2.22. The molecule has 0 fully saturated rings. The predicted molar refractivity (Wildman–Crippen MR) is 81.8 cm³/mol. The third-order valence-electron chi connectivity index (χ3n) is 2.60. The molecule has 0 aliphatic carbocycles. The van der Waals surface area contributed by atoms with Crippen LogP contribution in [0, 0.1) is 0 Å². The molecule has 6 nitrogen and oxygen atoms in total. The Hall–Kier alpha value is -1.86. The van der Waals surface area contributed by atoms with E-state index in [0.717, 1.165) is 0 Å². The molecule has 0 aromatic heterocycles. The van der Waals surface area contributed by atoms with Crippen molar-refractivity contribution in [2.24, 2.45) is 0 Å². The average Bonchev–Trinajstić information content (AvgIpc) is 2.37. The van der Waals surface area contributed by atoms with Gasteiger partial charge in [0.15, 0.2) is 0 Å². The van der Waals surface area contributed by atoms with Gasteiger partial charge < -0.3 is 10.4 Å². The molecule has 21 heavy (non-hydrogen) atoms. The predicted octanol–water partition coefficient (Wildman–Crippen LogP) is 1.81. The topological polar surface area (TPSA) is 95.5 Å². The van der Waals surface area contributed by atoms with E-state index in [1.807, 2.05) is 0 Å². The maximum absolute atomic E-state index is 12.3. The average molecular weight is 312 g/mol. The van der Waals surface area contributed by atoms with E-state index in [9.17, 15) is 13.2 Å². The number of aliphatic carboxylic acids is 1. The van der Waals surface area contributed by atoms with Crippen LogP contribution in [-0.4, -0.2) is 31.6 Å². The van der Waals surface area contributed by atoms with Crippen molar-refractivity contribution in [1.82, 2.24) is 4.72 Å². The second kappa shape index (κ2) is 7.24. The van der Waals surface area contributed by atoms with Crippen LogP contribution >= 0.6 is 0 Å². The molecule has 0 radical (unpaired) electrons. The molecule has 1 unspecified atom stereocenters. The van der Waals surface area contributed by atoms with Crippen molar-refractivity contribution < 1.29 is 18.3 Å². The number of sulfonamides is 1. The summed E-state index contributed by atoms with van der Waals surface area (Å²) >= 11 is 0. The van der Waals surface area contributed by atoms with Crippen molar-refractivity contribution in [3.63, 3.8) is 0 Å². The number of carbonyl (C=O) groups is 1. The highest BCUT2D eigenvalue weighted by molar-refractivity contribution is 7.89. The van der Waals surface area contributed by atoms with Gasteiger partial charge in [-0.3, -0.25) is 0 Å². The van der Waals surface area contributed by atoms with Gasteiger partial charge in [0, 0.05) is 6.04 Å². The maximum atomic E-state index is 12.3. The minimum atomic E-state index is -3.71. The van der Waals surface area contributed by atoms with Gasteiger partial charge in [-0.25, -0.2) is 17.9 Å². The van der Waals surface area contributed by atoms with Crippen molar-refractivity contribution >= 4 is 21.7 Å². The summed E-state index contributed by atoms with van der Waals surface area (Å²) < 4.78 is 27.0. The molecule has 0 saturated carbocycles. The summed E-state index contributed by atoms with van der Waals surface area (Å²) in [5.74, 6) is -1.07. The molecule has 116 valence electrons. The fourth-order valence-electron chi connectivity index (χ4n) is 1.77. The number of carboxylic acids is 1. The number of benzene rings is 1. The lowest BCUT2D eigenvalue weighted by molar-refractivity contribution is -0.137. The third kappa shape index (κ3) is 4.87. The molecular weight excluding hydrogens is 292 g/mol. The first kappa shape index (κ1) is 17.2. The largest absolute Gasteiger partial charge is 0.480 e. The van der Waals surface area contributed by atoms with Crippen LogP contribution in [0.1, 0.15) is 20.3 Å². The van der Waals surface area contributed by atoms with Crippen LogP contribution in [0.5, 0.6) is 0 Å². The minimum absolute atomic E-state index is 0.0222. The monoisotopic (exact) mass is 312 g/mol. The molecule has 0 heterocycles. The number of anilines is 1. The molecule has 0 amide bonds. The number of hydrogen-bond acceptors (Lipinski definition) is 4. The fourth-order valence-corrected chi connectivity index (χ4v) is 3.19. The Morgan fingerprint density at radius 2 is 2.00 bits per heavy atom. The Balaban J connectivity index is 3.15. The maximum Gasteiger partial charge on any atom is 0.326 e. The number of para-hydroxylation sites is 1. The molecule has 0 spiro atoms. The zero-order chi connectivity index (χ0) is 16.0. The van der Waals surface area contributed by atoms with Crippen LogP contribution < -0.4 is 10.0 Å². The number of rotatable bonds is 8. The van der Waals surface area contributed by atoms with Crippen molar-refractivity contribution in [1.29, 1.82) is 0 Å². The molecule has 7 heteroatoms. The van der Waals surface area contributed by atoms with Gasteiger partial charge in [0.25, 0.3) is 0 Å².